The number of aromatic nitrogens is 2. The van der Waals surface area contributed by atoms with Gasteiger partial charge in [-0.05, 0) is 36.5 Å². The highest BCUT2D eigenvalue weighted by atomic mass is 15.0. The molecule has 0 amide bonds. The van der Waals surface area contributed by atoms with Gasteiger partial charge in [0.15, 0.2) is 0 Å². The predicted molar refractivity (Wildman–Crippen MR) is 83.6 cm³/mol. The van der Waals surface area contributed by atoms with Crippen LogP contribution in [0.15, 0.2) is 24.5 Å². The molecule has 0 atom stereocenters. The number of hydrogen-bond acceptors (Lipinski definition) is 4. The lowest BCUT2D eigenvalue weighted by molar-refractivity contribution is 0.233. The van der Waals surface area contributed by atoms with Crippen molar-refractivity contribution in [1.29, 1.82) is 0 Å². The van der Waals surface area contributed by atoms with Gasteiger partial charge >= 0.3 is 0 Å². The summed E-state index contributed by atoms with van der Waals surface area (Å²) in [6, 6.07) is 5.77. The summed E-state index contributed by atoms with van der Waals surface area (Å²) in [4.78, 5) is 8.67. The Balaban J connectivity index is 1.82. The van der Waals surface area contributed by atoms with Crippen molar-refractivity contribution >= 4 is 22.4 Å². The number of nitrogens with two attached hydrogens (primary N) is 1. The Morgan fingerprint density at radius 1 is 1.20 bits per heavy atom. The highest BCUT2D eigenvalue weighted by Crippen LogP contribution is 2.36. The van der Waals surface area contributed by atoms with E-state index in [-0.39, 0.29) is 0 Å². The van der Waals surface area contributed by atoms with E-state index in [0.717, 1.165) is 29.0 Å². The molecule has 0 bridgehead atoms. The van der Waals surface area contributed by atoms with E-state index in [2.05, 4.69) is 22.2 Å². The second kappa shape index (κ2) is 5.27. The molecular weight excluding hydrogens is 248 g/mol. The van der Waals surface area contributed by atoms with Crippen LogP contribution in [0.4, 0.5) is 11.5 Å². The fourth-order valence-electron chi connectivity index (χ4n) is 3.09. The summed E-state index contributed by atoms with van der Waals surface area (Å²) in [5.41, 5.74) is 7.94. The lowest BCUT2D eigenvalue weighted by Gasteiger charge is -2.33. The summed E-state index contributed by atoms with van der Waals surface area (Å²) in [6.07, 6.45) is 8.27. The SMILES string of the molecule is CC1(CNc2ncnc3ccc(N)cc23)CCCCC1. The lowest BCUT2D eigenvalue weighted by atomic mass is 9.76. The molecule has 3 rings (SSSR count). The van der Waals surface area contributed by atoms with Crippen LogP contribution >= 0.6 is 0 Å². The van der Waals surface area contributed by atoms with Crippen molar-refractivity contribution in [1.82, 2.24) is 9.97 Å². The van der Waals surface area contributed by atoms with Crippen LogP contribution in [0.25, 0.3) is 10.9 Å². The van der Waals surface area contributed by atoms with Crippen LogP contribution in [0.3, 0.4) is 0 Å². The number of hydrogen-bond donors (Lipinski definition) is 2. The molecule has 1 saturated carbocycles. The fourth-order valence-corrected chi connectivity index (χ4v) is 3.09. The van der Waals surface area contributed by atoms with E-state index in [1.165, 1.54) is 32.1 Å². The topological polar surface area (TPSA) is 63.8 Å². The zero-order valence-electron chi connectivity index (χ0n) is 12.0. The normalized spacial score (nSPS) is 18.1. The number of anilines is 2. The van der Waals surface area contributed by atoms with E-state index < -0.39 is 0 Å². The minimum atomic E-state index is 0.385. The van der Waals surface area contributed by atoms with Gasteiger partial charge in [-0.25, -0.2) is 9.97 Å². The maximum absolute atomic E-state index is 5.87. The molecule has 20 heavy (non-hydrogen) atoms. The zero-order valence-corrected chi connectivity index (χ0v) is 12.0. The van der Waals surface area contributed by atoms with Crippen LogP contribution in [0, 0.1) is 5.41 Å². The van der Waals surface area contributed by atoms with Crippen molar-refractivity contribution in [2.24, 2.45) is 5.41 Å². The van der Waals surface area contributed by atoms with Crippen LogP contribution in [-0.4, -0.2) is 16.5 Å². The average Bonchev–Trinajstić information content (AvgIpc) is 2.46. The average molecular weight is 270 g/mol. The van der Waals surface area contributed by atoms with Crippen molar-refractivity contribution in [3.63, 3.8) is 0 Å². The molecule has 1 fully saturated rings. The second-order valence-corrected chi connectivity index (χ2v) is 6.22. The third-order valence-corrected chi connectivity index (χ3v) is 4.40. The van der Waals surface area contributed by atoms with Gasteiger partial charge < -0.3 is 11.1 Å². The van der Waals surface area contributed by atoms with Gasteiger partial charge in [0.2, 0.25) is 0 Å². The van der Waals surface area contributed by atoms with Gasteiger partial charge in [0.25, 0.3) is 0 Å². The molecule has 0 spiro atoms. The third kappa shape index (κ3) is 2.69. The molecule has 1 aliphatic carbocycles. The number of rotatable bonds is 3. The van der Waals surface area contributed by atoms with Gasteiger partial charge in [-0.2, -0.15) is 0 Å². The van der Waals surface area contributed by atoms with Crippen LogP contribution in [0.2, 0.25) is 0 Å². The summed E-state index contributed by atoms with van der Waals surface area (Å²) in [5, 5.41) is 4.52. The van der Waals surface area contributed by atoms with Crippen molar-refractivity contribution in [3.05, 3.63) is 24.5 Å². The van der Waals surface area contributed by atoms with Gasteiger partial charge in [-0.15, -0.1) is 0 Å². The fraction of sp³-hybridized carbons (Fsp3) is 0.500. The molecule has 4 heteroatoms. The number of nitrogens with one attached hydrogen (secondary N) is 1. The van der Waals surface area contributed by atoms with Crippen LogP contribution < -0.4 is 11.1 Å². The standard InChI is InChI=1S/C16H22N4/c1-16(7-3-2-4-8-16)10-18-15-13-9-12(17)5-6-14(13)19-11-20-15/h5-6,9,11H,2-4,7-8,10,17H2,1H3,(H,18,19,20). The Bertz CT molecular complexity index is 602. The molecular formula is C16H22N4. The van der Waals surface area contributed by atoms with E-state index in [4.69, 9.17) is 5.73 Å². The molecule has 0 unspecified atom stereocenters. The molecule has 1 aliphatic rings. The van der Waals surface area contributed by atoms with Crippen LogP contribution in [-0.2, 0) is 0 Å². The number of benzene rings is 1. The minimum absolute atomic E-state index is 0.385. The summed E-state index contributed by atoms with van der Waals surface area (Å²) in [7, 11) is 0. The molecule has 4 nitrogen and oxygen atoms in total. The van der Waals surface area contributed by atoms with Crippen molar-refractivity contribution in [3.8, 4) is 0 Å². The molecule has 0 aliphatic heterocycles. The maximum Gasteiger partial charge on any atom is 0.137 e. The molecule has 0 radical (unpaired) electrons. The molecule has 1 aromatic heterocycles. The van der Waals surface area contributed by atoms with E-state index in [9.17, 15) is 0 Å². The molecule has 106 valence electrons. The summed E-state index contributed by atoms with van der Waals surface area (Å²) >= 11 is 0. The monoisotopic (exact) mass is 270 g/mol. The first-order valence-corrected chi connectivity index (χ1v) is 7.40. The van der Waals surface area contributed by atoms with Crippen molar-refractivity contribution < 1.29 is 0 Å². The zero-order chi connectivity index (χ0) is 14.0. The van der Waals surface area contributed by atoms with Gasteiger partial charge in [-0.3, -0.25) is 0 Å². The smallest absolute Gasteiger partial charge is 0.137 e. The number of fused-ring (bicyclic) bond motifs is 1. The Hall–Kier alpha value is -1.84. The van der Waals surface area contributed by atoms with Crippen LogP contribution in [0.1, 0.15) is 39.0 Å². The highest BCUT2D eigenvalue weighted by Gasteiger charge is 2.26. The summed E-state index contributed by atoms with van der Waals surface area (Å²) in [5.74, 6) is 0.897. The maximum atomic E-state index is 5.87. The summed E-state index contributed by atoms with van der Waals surface area (Å²) in [6.45, 7) is 3.34. The molecule has 0 saturated heterocycles. The third-order valence-electron chi connectivity index (χ3n) is 4.40. The van der Waals surface area contributed by atoms with Crippen molar-refractivity contribution in [2.45, 2.75) is 39.0 Å². The lowest BCUT2D eigenvalue weighted by Crippen LogP contribution is -2.29. The molecule has 1 aromatic carbocycles. The van der Waals surface area contributed by atoms with Gasteiger partial charge in [0.05, 0.1) is 5.52 Å². The predicted octanol–water partition coefficient (Wildman–Crippen LogP) is 3.59. The Kier molecular flexibility index (Phi) is 3.47. The molecule has 2 aromatic rings. The Morgan fingerprint density at radius 3 is 2.80 bits per heavy atom. The minimum Gasteiger partial charge on any atom is -0.399 e. The highest BCUT2D eigenvalue weighted by molar-refractivity contribution is 5.91. The molecule has 1 heterocycles. The van der Waals surface area contributed by atoms with Crippen LogP contribution in [0.5, 0.6) is 0 Å². The van der Waals surface area contributed by atoms with E-state index in [0.29, 0.717) is 5.41 Å². The van der Waals surface area contributed by atoms with Gasteiger partial charge in [0, 0.05) is 17.6 Å². The second-order valence-electron chi connectivity index (χ2n) is 6.22. The van der Waals surface area contributed by atoms with Gasteiger partial charge in [-0.1, -0.05) is 26.2 Å². The Morgan fingerprint density at radius 2 is 2.00 bits per heavy atom. The largest absolute Gasteiger partial charge is 0.399 e. The number of nitrogens with zero attached hydrogens (tertiary/aromatic N) is 2. The number of nitrogen functional groups attached to an aromatic ring is 1. The first-order chi connectivity index (χ1) is 9.66. The van der Waals surface area contributed by atoms with E-state index in [1.54, 1.807) is 6.33 Å². The quantitative estimate of drug-likeness (QED) is 0.836. The van der Waals surface area contributed by atoms with E-state index in [1.807, 2.05) is 18.2 Å². The van der Waals surface area contributed by atoms with Crippen molar-refractivity contribution in [2.75, 3.05) is 17.6 Å². The van der Waals surface area contributed by atoms with E-state index >= 15 is 0 Å². The first kappa shape index (κ1) is 13.2. The van der Waals surface area contributed by atoms with Gasteiger partial charge in [0.1, 0.15) is 12.1 Å². The molecule has 3 N–H and O–H groups in total. The first-order valence-electron chi connectivity index (χ1n) is 7.40. The Labute approximate surface area is 119 Å². The summed E-state index contributed by atoms with van der Waals surface area (Å²) < 4.78 is 0.